The lowest BCUT2D eigenvalue weighted by Crippen LogP contribution is -2.10. The molecule has 0 bridgehead atoms. The monoisotopic (exact) mass is 392 g/mol. The zero-order chi connectivity index (χ0) is 19.1. The Labute approximate surface area is 167 Å². The minimum Gasteiger partial charge on any atom is -0.366 e. The zero-order valence-electron chi connectivity index (χ0n) is 15.1. The van der Waals surface area contributed by atoms with E-state index in [-0.39, 0.29) is 5.82 Å². The highest BCUT2D eigenvalue weighted by atomic mass is 35.5. The highest BCUT2D eigenvalue weighted by Gasteiger charge is 2.21. The molecule has 4 nitrogen and oxygen atoms in total. The normalized spacial score (nSPS) is 13.1. The van der Waals surface area contributed by atoms with Gasteiger partial charge in [0.25, 0.3) is 0 Å². The van der Waals surface area contributed by atoms with E-state index in [1.807, 2.05) is 40.9 Å². The molecule has 1 aliphatic carbocycles. The maximum atomic E-state index is 13.5. The van der Waals surface area contributed by atoms with E-state index in [0.29, 0.717) is 11.6 Å². The molecule has 0 amide bonds. The first-order chi connectivity index (χ1) is 13.7. The van der Waals surface area contributed by atoms with Crippen LogP contribution in [-0.2, 0) is 19.4 Å². The summed E-state index contributed by atoms with van der Waals surface area (Å²) in [6.45, 7) is 0.523. The predicted molar refractivity (Wildman–Crippen MR) is 109 cm³/mol. The molecule has 1 aliphatic rings. The number of halogens is 2. The first kappa shape index (κ1) is 17.2. The SMILES string of the molecule is Fc1cccc(CNc2c3c(nc4cc(-c5cccc(Cl)c5)nn24)CCC3)c1. The van der Waals surface area contributed by atoms with Gasteiger partial charge in [0.05, 0.1) is 5.69 Å². The molecule has 0 saturated carbocycles. The summed E-state index contributed by atoms with van der Waals surface area (Å²) in [7, 11) is 0. The van der Waals surface area contributed by atoms with E-state index < -0.39 is 0 Å². The Morgan fingerprint density at radius 2 is 1.96 bits per heavy atom. The van der Waals surface area contributed by atoms with Gasteiger partial charge in [-0.05, 0) is 49.1 Å². The van der Waals surface area contributed by atoms with Crippen LogP contribution in [-0.4, -0.2) is 14.6 Å². The zero-order valence-corrected chi connectivity index (χ0v) is 15.9. The third kappa shape index (κ3) is 3.12. The smallest absolute Gasteiger partial charge is 0.158 e. The van der Waals surface area contributed by atoms with Crippen molar-refractivity contribution in [1.82, 2.24) is 14.6 Å². The molecular formula is C22H18ClFN4. The maximum Gasteiger partial charge on any atom is 0.158 e. The molecule has 0 atom stereocenters. The molecule has 140 valence electrons. The average Bonchev–Trinajstić information content (AvgIpc) is 3.32. The van der Waals surface area contributed by atoms with Crippen molar-refractivity contribution in [2.24, 2.45) is 0 Å². The van der Waals surface area contributed by atoms with Crippen LogP contribution in [0.25, 0.3) is 16.9 Å². The average molecular weight is 393 g/mol. The van der Waals surface area contributed by atoms with Crippen molar-refractivity contribution in [3.63, 3.8) is 0 Å². The fourth-order valence-electron chi connectivity index (χ4n) is 3.79. The first-order valence-electron chi connectivity index (χ1n) is 9.33. The highest BCUT2D eigenvalue weighted by molar-refractivity contribution is 6.30. The Balaban J connectivity index is 1.58. The topological polar surface area (TPSA) is 42.2 Å². The summed E-state index contributed by atoms with van der Waals surface area (Å²) in [5.41, 5.74) is 5.79. The van der Waals surface area contributed by atoms with Gasteiger partial charge in [-0.2, -0.15) is 9.61 Å². The van der Waals surface area contributed by atoms with Crippen LogP contribution in [0, 0.1) is 5.82 Å². The fourth-order valence-corrected chi connectivity index (χ4v) is 3.98. The van der Waals surface area contributed by atoms with E-state index in [0.717, 1.165) is 53.2 Å². The summed E-state index contributed by atoms with van der Waals surface area (Å²) in [5, 5.41) is 8.94. The number of benzene rings is 2. The summed E-state index contributed by atoms with van der Waals surface area (Å²) in [4.78, 5) is 4.82. The van der Waals surface area contributed by atoms with Crippen molar-refractivity contribution >= 4 is 23.1 Å². The van der Waals surface area contributed by atoms with E-state index in [9.17, 15) is 4.39 Å². The van der Waals surface area contributed by atoms with Gasteiger partial charge in [-0.25, -0.2) is 9.37 Å². The Morgan fingerprint density at radius 1 is 1.07 bits per heavy atom. The van der Waals surface area contributed by atoms with Crippen molar-refractivity contribution in [1.29, 1.82) is 0 Å². The van der Waals surface area contributed by atoms with Gasteiger partial charge in [-0.15, -0.1) is 0 Å². The second-order valence-electron chi connectivity index (χ2n) is 7.03. The van der Waals surface area contributed by atoms with E-state index in [4.69, 9.17) is 21.7 Å². The summed E-state index contributed by atoms with van der Waals surface area (Å²) in [6, 6.07) is 16.3. The molecule has 2 aromatic carbocycles. The third-order valence-corrected chi connectivity index (χ3v) is 5.33. The molecule has 0 spiro atoms. The van der Waals surface area contributed by atoms with Gasteiger partial charge in [0, 0.05) is 34.5 Å². The van der Waals surface area contributed by atoms with E-state index in [1.54, 1.807) is 12.1 Å². The third-order valence-electron chi connectivity index (χ3n) is 5.10. The minimum absolute atomic E-state index is 0.230. The second-order valence-corrected chi connectivity index (χ2v) is 7.47. The van der Waals surface area contributed by atoms with Crippen molar-refractivity contribution in [2.45, 2.75) is 25.8 Å². The van der Waals surface area contributed by atoms with E-state index in [2.05, 4.69) is 5.32 Å². The molecule has 0 unspecified atom stereocenters. The quantitative estimate of drug-likeness (QED) is 0.513. The standard InChI is InChI=1S/C22H18ClFN4/c23-16-6-2-5-15(11-16)20-12-21-26-19-9-3-8-18(19)22(28(21)27-20)25-13-14-4-1-7-17(24)10-14/h1-2,4-7,10-12,25H,3,8-9,13H2. The number of nitrogens with zero attached hydrogens (tertiary/aromatic N) is 3. The minimum atomic E-state index is -0.230. The lowest BCUT2D eigenvalue weighted by atomic mass is 10.1. The van der Waals surface area contributed by atoms with Crippen molar-refractivity contribution in [2.75, 3.05) is 5.32 Å². The number of aryl methyl sites for hydroxylation is 1. The molecule has 6 heteroatoms. The molecule has 5 rings (SSSR count). The van der Waals surface area contributed by atoms with Crippen LogP contribution in [0.15, 0.2) is 54.6 Å². The largest absolute Gasteiger partial charge is 0.366 e. The molecule has 0 fully saturated rings. The van der Waals surface area contributed by atoms with Crippen LogP contribution < -0.4 is 5.32 Å². The van der Waals surface area contributed by atoms with Crippen LogP contribution >= 0.6 is 11.6 Å². The van der Waals surface area contributed by atoms with Gasteiger partial charge in [-0.1, -0.05) is 35.9 Å². The number of hydrogen-bond acceptors (Lipinski definition) is 3. The Kier molecular flexibility index (Phi) is 4.24. The fraction of sp³-hybridized carbons (Fsp3) is 0.182. The Morgan fingerprint density at radius 3 is 2.82 bits per heavy atom. The van der Waals surface area contributed by atoms with Crippen molar-refractivity contribution in [3.05, 3.63) is 82.3 Å². The van der Waals surface area contributed by atoms with E-state index in [1.165, 1.54) is 11.6 Å². The predicted octanol–water partition coefficient (Wildman–Crippen LogP) is 5.29. The van der Waals surface area contributed by atoms with Crippen LogP contribution in [0.2, 0.25) is 5.02 Å². The van der Waals surface area contributed by atoms with Gasteiger partial charge in [0.1, 0.15) is 11.6 Å². The lowest BCUT2D eigenvalue weighted by Gasteiger charge is -2.13. The van der Waals surface area contributed by atoms with Gasteiger partial charge in [0.15, 0.2) is 5.65 Å². The summed E-state index contributed by atoms with van der Waals surface area (Å²) < 4.78 is 15.4. The molecule has 28 heavy (non-hydrogen) atoms. The van der Waals surface area contributed by atoms with Gasteiger partial charge in [0.2, 0.25) is 0 Å². The van der Waals surface area contributed by atoms with Gasteiger partial charge < -0.3 is 5.32 Å². The van der Waals surface area contributed by atoms with Crippen molar-refractivity contribution in [3.8, 4) is 11.3 Å². The van der Waals surface area contributed by atoms with Crippen LogP contribution in [0.5, 0.6) is 0 Å². The molecule has 2 aromatic heterocycles. The number of rotatable bonds is 4. The van der Waals surface area contributed by atoms with E-state index >= 15 is 0 Å². The van der Waals surface area contributed by atoms with Crippen LogP contribution in [0.1, 0.15) is 23.2 Å². The molecule has 0 aliphatic heterocycles. The van der Waals surface area contributed by atoms with Crippen molar-refractivity contribution < 1.29 is 4.39 Å². The summed E-state index contributed by atoms with van der Waals surface area (Å²) >= 11 is 6.14. The van der Waals surface area contributed by atoms with Gasteiger partial charge in [-0.3, -0.25) is 0 Å². The molecule has 1 N–H and O–H groups in total. The lowest BCUT2D eigenvalue weighted by molar-refractivity contribution is 0.626. The van der Waals surface area contributed by atoms with Crippen LogP contribution in [0.3, 0.4) is 0 Å². The number of hydrogen-bond donors (Lipinski definition) is 1. The summed E-state index contributed by atoms with van der Waals surface area (Å²) in [5.74, 6) is 0.710. The second kappa shape index (κ2) is 6.91. The molecule has 0 saturated heterocycles. The molecular weight excluding hydrogens is 375 g/mol. The van der Waals surface area contributed by atoms with Gasteiger partial charge >= 0.3 is 0 Å². The Hall–Kier alpha value is -2.92. The Bertz CT molecular complexity index is 1180. The first-order valence-corrected chi connectivity index (χ1v) is 9.71. The number of aromatic nitrogens is 3. The van der Waals surface area contributed by atoms with Crippen LogP contribution in [0.4, 0.5) is 10.2 Å². The summed E-state index contributed by atoms with van der Waals surface area (Å²) in [6.07, 6.45) is 3.03. The molecule has 0 radical (unpaired) electrons. The maximum absolute atomic E-state index is 13.5. The number of fused-ring (bicyclic) bond motifs is 2. The molecule has 2 heterocycles. The number of anilines is 1. The molecule has 4 aromatic rings. The highest BCUT2D eigenvalue weighted by Crippen LogP contribution is 2.31. The number of nitrogens with one attached hydrogen (secondary N) is 1.